The number of amides is 1. The number of sulfonamides is 1. The maximum atomic E-state index is 12.9. The van der Waals surface area contributed by atoms with E-state index in [0.717, 1.165) is 24.0 Å². The number of hydrogen-bond donors (Lipinski definition) is 1. The van der Waals surface area contributed by atoms with Gasteiger partial charge in [-0.05, 0) is 36.6 Å². The van der Waals surface area contributed by atoms with Crippen molar-refractivity contribution in [2.24, 2.45) is 0 Å². The number of piperazine rings is 1. The summed E-state index contributed by atoms with van der Waals surface area (Å²) in [5, 5.41) is 3.01. The molecule has 0 unspecified atom stereocenters. The maximum absolute atomic E-state index is 12.9. The number of nitrogens with one attached hydrogen (secondary N) is 1. The van der Waals surface area contributed by atoms with Crippen LogP contribution in [0.4, 0.5) is 0 Å². The lowest BCUT2D eigenvalue weighted by Gasteiger charge is -2.33. The summed E-state index contributed by atoms with van der Waals surface area (Å²) >= 11 is 0. The predicted molar refractivity (Wildman–Crippen MR) is 119 cm³/mol. The summed E-state index contributed by atoms with van der Waals surface area (Å²) in [5.41, 5.74) is 2.21. The highest BCUT2D eigenvalue weighted by Gasteiger charge is 2.29. The average Bonchev–Trinajstić information content (AvgIpc) is 2.75. The normalized spacial score (nSPS) is 16.9. The summed E-state index contributed by atoms with van der Waals surface area (Å²) in [7, 11) is -3.49. The van der Waals surface area contributed by atoms with Gasteiger partial charge in [0, 0.05) is 26.2 Å². The van der Waals surface area contributed by atoms with Crippen LogP contribution in [-0.4, -0.2) is 56.3 Å². The van der Waals surface area contributed by atoms with Crippen LogP contribution in [0.5, 0.6) is 0 Å². The van der Waals surface area contributed by atoms with Gasteiger partial charge in [0.05, 0.1) is 17.5 Å². The molecule has 0 spiro atoms. The summed E-state index contributed by atoms with van der Waals surface area (Å²) in [5.74, 6) is -0.0471. The molecule has 0 aromatic heterocycles. The number of benzene rings is 2. The number of hydrogen-bond acceptors (Lipinski definition) is 4. The van der Waals surface area contributed by atoms with Crippen LogP contribution >= 0.6 is 0 Å². The molecule has 0 aliphatic carbocycles. The fourth-order valence-corrected chi connectivity index (χ4v) is 5.13. The van der Waals surface area contributed by atoms with Gasteiger partial charge < -0.3 is 5.32 Å². The Bertz CT molecular complexity index is 922. The SMILES string of the molecule is CCCc1ccc(S(=O)(=O)N2CCN(CC(=O)N[C@@H](C)c3ccccc3)CC2)cc1. The second-order valence-electron chi connectivity index (χ2n) is 7.77. The lowest BCUT2D eigenvalue weighted by molar-refractivity contribution is -0.123. The first-order valence-electron chi connectivity index (χ1n) is 10.6. The first-order valence-corrected chi connectivity index (χ1v) is 12.0. The summed E-state index contributed by atoms with van der Waals surface area (Å²) < 4.78 is 27.3. The maximum Gasteiger partial charge on any atom is 0.243 e. The highest BCUT2D eigenvalue weighted by Crippen LogP contribution is 2.19. The van der Waals surface area contributed by atoms with E-state index in [9.17, 15) is 13.2 Å². The zero-order chi connectivity index (χ0) is 21.6. The molecule has 1 fully saturated rings. The summed E-state index contributed by atoms with van der Waals surface area (Å²) in [4.78, 5) is 14.7. The van der Waals surface area contributed by atoms with Gasteiger partial charge in [0.1, 0.15) is 0 Å². The highest BCUT2D eigenvalue weighted by molar-refractivity contribution is 7.89. The fourth-order valence-electron chi connectivity index (χ4n) is 3.71. The number of carbonyl (C=O) groups is 1. The Morgan fingerprint density at radius 2 is 1.63 bits per heavy atom. The quantitative estimate of drug-likeness (QED) is 0.701. The van der Waals surface area contributed by atoms with E-state index in [1.54, 1.807) is 12.1 Å². The Hall–Kier alpha value is -2.22. The van der Waals surface area contributed by atoms with Crippen LogP contribution < -0.4 is 5.32 Å². The molecule has 7 heteroatoms. The first-order chi connectivity index (χ1) is 14.4. The topological polar surface area (TPSA) is 69.7 Å². The van der Waals surface area contributed by atoms with Crippen LogP contribution in [0, 0.1) is 0 Å². The minimum atomic E-state index is -3.49. The van der Waals surface area contributed by atoms with Crippen molar-refractivity contribution in [1.29, 1.82) is 0 Å². The molecule has 162 valence electrons. The molecule has 1 N–H and O–H groups in total. The van der Waals surface area contributed by atoms with E-state index in [4.69, 9.17) is 0 Å². The van der Waals surface area contributed by atoms with E-state index < -0.39 is 10.0 Å². The van der Waals surface area contributed by atoms with E-state index in [0.29, 0.717) is 31.1 Å². The molecule has 2 aromatic carbocycles. The molecular weight excluding hydrogens is 398 g/mol. The van der Waals surface area contributed by atoms with Gasteiger partial charge in [-0.3, -0.25) is 9.69 Å². The smallest absolute Gasteiger partial charge is 0.243 e. The molecule has 1 amide bonds. The Morgan fingerprint density at radius 1 is 1.00 bits per heavy atom. The molecule has 2 aromatic rings. The van der Waals surface area contributed by atoms with Gasteiger partial charge in [0.2, 0.25) is 15.9 Å². The molecular formula is C23H31N3O3S. The first kappa shape index (κ1) is 22.5. The fraction of sp³-hybridized carbons (Fsp3) is 0.435. The molecule has 0 radical (unpaired) electrons. The van der Waals surface area contributed by atoms with Gasteiger partial charge in [0.25, 0.3) is 0 Å². The Balaban J connectivity index is 1.50. The van der Waals surface area contributed by atoms with Crippen molar-refractivity contribution >= 4 is 15.9 Å². The molecule has 1 saturated heterocycles. The van der Waals surface area contributed by atoms with Crippen molar-refractivity contribution < 1.29 is 13.2 Å². The van der Waals surface area contributed by atoms with Crippen molar-refractivity contribution in [2.75, 3.05) is 32.7 Å². The number of carbonyl (C=O) groups excluding carboxylic acids is 1. The third-order valence-electron chi connectivity index (χ3n) is 5.48. The van der Waals surface area contributed by atoms with Crippen molar-refractivity contribution in [3.8, 4) is 0 Å². The van der Waals surface area contributed by atoms with E-state index in [-0.39, 0.29) is 18.5 Å². The molecule has 1 heterocycles. The van der Waals surface area contributed by atoms with Crippen LogP contribution in [0.1, 0.15) is 37.4 Å². The van der Waals surface area contributed by atoms with Crippen LogP contribution in [0.3, 0.4) is 0 Å². The Labute approximate surface area is 179 Å². The lowest BCUT2D eigenvalue weighted by atomic mass is 10.1. The van der Waals surface area contributed by atoms with Gasteiger partial charge in [-0.2, -0.15) is 4.31 Å². The van der Waals surface area contributed by atoms with Gasteiger partial charge >= 0.3 is 0 Å². The molecule has 1 atom stereocenters. The molecule has 3 rings (SSSR count). The van der Waals surface area contributed by atoms with Crippen LogP contribution in [0.2, 0.25) is 0 Å². The molecule has 1 aliphatic heterocycles. The summed E-state index contributed by atoms with van der Waals surface area (Å²) in [6, 6.07) is 17.0. The van der Waals surface area contributed by atoms with Crippen molar-refractivity contribution in [2.45, 2.75) is 37.6 Å². The minimum Gasteiger partial charge on any atom is -0.348 e. The zero-order valence-corrected chi connectivity index (χ0v) is 18.6. The molecule has 6 nitrogen and oxygen atoms in total. The molecule has 30 heavy (non-hydrogen) atoms. The third kappa shape index (κ3) is 5.68. The van der Waals surface area contributed by atoms with E-state index in [1.807, 2.05) is 54.3 Å². The molecule has 1 aliphatic rings. The second-order valence-corrected chi connectivity index (χ2v) is 9.71. The lowest BCUT2D eigenvalue weighted by Crippen LogP contribution is -2.51. The van der Waals surface area contributed by atoms with E-state index in [1.165, 1.54) is 4.31 Å². The Morgan fingerprint density at radius 3 is 2.23 bits per heavy atom. The van der Waals surface area contributed by atoms with Gasteiger partial charge in [-0.15, -0.1) is 0 Å². The van der Waals surface area contributed by atoms with Crippen molar-refractivity contribution in [3.05, 3.63) is 65.7 Å². The monoisotopic (exact) mass is 429 g/mol. The number of aryl methyl sites for hydroxylation is 1. The van der Waals surface area contributed by atoms with Crippen LogP contribution in [0.25, 0.3) is 0 Å². The summed E-state index contributed by atoms with van der Waals surface area (Å²) in [6.07, 6.45) is 1.98. The second kappa shape index (κ2) is 10.2. The molecule has 0 bridgehead atoms. The zero-order valence-electron chi connectivity index (χ0n) is 17.8. The molecule has 0 saturated carbocycles. The minimum absolute atomic E-state index is 0.0471. The van der Waals surface area contributed by atoms with Gasteiger partial charge in [0.15, 0.2) is 0 Å². The van der Waals surface area contributed by atoms with Gasteiger partial charge in [-0.1, -0.05) is 55.8 Å². The van der Waals surface area contributed by atoms with Gasteiger partial charge in [-0.25, -0.2) is 8.42 Å². The average molecular weight is 430 g/mol. The summed E-state index contributed by atoms with van der Waals surface area (Å²) in [6.45, 7) is 6.20. The number of rotatable bonds is 8. The van der Waals surface area contributed by atoms with Crippen molar-refractivity contribution in [3.63, 3.8) is 0 Å². The highest BCUT2D eigenvalue weighted by atomic mass is 32.2. The third-order valence-corrected chi connectivity index (χ3v) is 7.39. The van der Waals surface area contributed by atoms with Crippen molar-refractivity contribution in [1.82, 2.24) is 14.5 Å². The Kier molecular flexibility index (Phi) is 7.64. The van der Waals surface area contributed by atoms with Crippen LogP contribution in [0.15, 0.2) is 59.5 Å². The standard InChI is InChI=1S/C23H31N3O3S/c1-3-7-20-10-12-22(13-11-20)30(28,29)26-16-14-25(15-17-26)18-23(27)24-19(2)21-8-5-4-6-9-21/h4-6,8-13,19H,3,7,14-18H2,1-2H3,(H,24,27)/t19-/m0/s1. The largest absolute Gasteiger partial charge is 0.348 e. The predicted octanol–water partition coefficient (Wildman–Crippen LogP) is 2.82. The number of nitrogens with zero attached hydrogens (tertiary/aromatic N) is 2. The van der Waals surface area contributed by atoms with E-state index in [2.05, 4.69) is 12.2 Å². The van der Waals surface area contributed by atoms with E-state index >= 15 is 0 Å². The van der Waals surface area contributed by atoms with Crippen LogP contribution in [-0.2, 0) is 21.2 Å².